The van der Waals surface area contributed by atoms with Crippen molar-refractivity contribution in [1.29, 1.82) is 0 Å². The number of carbonyl (C=O) groups excluding carboxylic acids is 1. The lowest BCUT2D eigenvalue weighted by atomic mass is 10.1. The van der Waals surface area contributed by atoms with Gasteiger partial charge in [-0.3, -0.25) is 0 Å². The molecule has 0 saturated heterocycles. The molecule has 0 unspecified atom stereocenters. The fourth-order valence-electron chi connectivity index (χ4n) is 3.30. The summed E-state index contributed by atoms with van der Waals surface area (Å²) in [5.41, 5.74) is 4.14. The molecule has 4 nitrogen and oxygen atoms in total. The molecule has 0 spiro atoms. The van der Waals surface area contributed by atoms with Gasteiger partial charge in [-0.25, -0.2) is 4.79 Å². The lowest BCUT2D eigenvalue weighted by Crippen LogP contribution is -1.98. The SMILES string of the molecule is CCOC(=O)/C=C/c1ccc(Nc2c(-c3ccccc3)sc3cc(OC)ccc23)cc1. The van der Waals surface area contributed by atoms with Gasteiger partial charge in [-0.05, 0) is 54.5 Å². The van der Waals surface area contributed by atoms with E-state index < -0.39 is 0 Å². The van der Waals surface area contributed by atoms with Crippen LogP contribution in [0.5, 0.6) is 5.75 Å². The number of hydrogen-bond acceptors (Lipinski definition) is 5. The van der Waals surface area contributed by atoms with Crippen LogP contribution in [0.4, 0.5) is 11.4 Å². The van der Waals surface area contributed by atoms with E-state index in [1.54, 1.807) is 31.4 Å². The first kappa shape index (κ1) is 20.7. The number of benzene rings is 3. The predicted molar refractivity (Wildman–Crippen MR) is 129 cm³/mol. The van der Waals surface area contributed by atoms with Crippen LogP contribution in [0.1, 0.15) is 12.5 Å². The van der Waals surface area contributed by atoms with Crippen LogP contribution in [0.2, 0.25) is 0 Å². The van der Waals surface area contributed by atoms with Crippen LogP contribution in [0.3, 0.4) is 0 Å². The number of anilines is 2. The Morgan fingerprint density at radius 1 is 1.03 bits per heavy atom. The van der Waals surface area contributed by atoms with E-state index in [0.717, 1.165) is 32.8 Å². The predicted octanol–water partition coefficient (Wildman–Crippen LogP) is 6.90. The standard InChI is InChI=1S/C26H23NO3S/c1-3-30-24(28)16-11-18-9-12-20(13-10-18)27-25-22-15-14-21(29-2)17-23(22)31-26(25)19-7-5-4-6-8-19/h4-17,27H,3H2,1-2H3/b16-11+. The Morgan fingerprint density at radius 2 is 1.81 bits per heavy atom. The molecule has 0 bridgehead atoms. The molecule has 156 valence electrons. The summed E-state index contributed by atoms with van der Waals surface area (Å²) in [6, 6.07) is 24.5. The minimum Gasteiger partial charge on any atom is -0.497 e. The summed E-state index contributed by atoms with van der Waals surface area (Å²) in [4.78, 5) is 12.7. The number of rotatable bonds is 7. The number of ether oxygens (including phenoxy) is 2. The van der Waals surface area contributed by atoms with Crippen molar-refractivity contribution in [1.82, 2.24) is 0 Å². The molecule has 31 heavy (non-hydrogen) atoms. The highest BCUT2D eigenvalue weighted by atomic mass is 32.1. The van der Waals surface area contributed by atoms with Gasteiger partial charge < -0.3 is 14.8 Å². The van der Waals surface area contributed by atoms with Crippen LogP contribution >= 0.6 is 11.3 Å². The topological polar surface area (TPSA) is 47.6 Å². The molecule has 0 aliphatic carbocycles. The molecule has 1 aromatic heterocycles. The molecule has 3 aromatic carbocycles. The van der Waals surface area contributed by atoms with Gasteiger partial charge in [-0.2, -0.15) is 0 Å². The lowest BCUT2D eigenvalue weighted by Gasteiger charge is -2.10. The van der Waals surface area contributed by atoms with E-state index in [2.05, 4.69) is 41.7 Å². The van der Waals surface area contributed by atoms with E-state index in [0.29, 0.717) is 6.61 Å². The highest BCUT2D eigenvalue weighted by Crippen LogP contribution is 2.44. The van der Waals surface area contributed by atoms with Gasteiger partial charge >= 0.3 is 5.97 Å². The minimum atomic E-state index is -0.336. The maximum atomic E-state index is 11.5. The molecule has 0 aliphatic heterocycles. The van der Waals surface area contributed by atoms with E-state index in [-0.39, 0.29) is 5.97 Å². The first-order valence-corrected chi connectivity index (χ1v) is 10.9. The lowest BCUT2D eigenvalue weighted by molar-refractivity contribution is -0.137. The molecule has 0 amide bonds. The molecule has 1 N–H and O–H groups in total. The zero-order chi connectivity index (χ0) is 21.6. The first-order chi connectivity index (χ1) is 15.2. The summed E-state index contributed by atoms with van der Waals surface area (Å²) in [5.74, 6) is 0.509. The third kappa shape index (κ3) is 4.78. The van der Waals surface area contributed by atoms with Crippen molar-refractivity contribution in [2.45, 2.75) is 6.92 Å². The summed E-state index contributed by atoms with van der Waals surface area (Å²) in [7, 11) is 1.68. The third-order valence-electron chi connectivity index (χ3n) is 4.81. The normalized spacial score (nSPS) is 11.0. The summed E-state index contributed by atoms with van der Waals surface area (Å²) < 4.78 is 11.5. The molecule has 0 aliphatic rings. The Labute approximate surface area is 185 Å². The summed E-state index contributed by atoms with van der Waals surface area (Å²) in [5, 5.41) is 4.75. The summed E-state index contributed by atoms with van der Waals surface area (Å²) >= 11 is 1.74. The fraction of sp³-hybridized carbons (Fsp3) is 0.115. The Kier molecular flexibility index (Phi) is 6.34. The zero-order valence-corrected chi connectivity index (χ0v) is 18.2. The van der Waals surface area contributed by atoms with Crippen molar-refractivity contribution in [3.8, 4) is 16.2 Å². The van der Waals surface area contributed by atoms with Crippen molar-refractivity contribution >= 4 is 44.8 Å². The van der Waals surface area contributed by atoms with Crippen LogP contribution < -0.4 is 10.1 Å². The minimum absolute atomic E-state index is 0.336. The van der Waals surface area contributed by atoms with Crippen molar-refractivity contribution in [3.05, 3.63) is 84.4 Å². The fourth-order valence-corrected chi connectivity index (χ4v) is 4.49. The van der Waals surface area contributed by atoms with Crippen LogP contribution in [-0.4, -0.2) is 19.7 Å². The Morgan fingerprint density at radius 3 is 2.52 bits per heavy atom. The van der Waals surface area contributed by atoms with E-state index in [9.17, 15) is 4.79 Å². The molecule has 4 rings (SSSR count). The average molecular weight is 430 g/mol. The van der Waals surface area contributed by atoms with Gasteiger partial charge in [0, 0.05) is 21.8 Å². The Balaban J connectivity index is 1.66. The van der Waals surface area contributed by atoms with Gasteiger partial charge in [0.2, 0.25) is 0 Å². The number of methoxy groups -OCH3 is 1. The molecule has 4 aromatic rings. The largest absolute Gasteiger partial charge is 0.497 e. The molecule has 0 saturated carbocycles. The number of hydrogen-bond donors (Lipinski definition) is 1. The van der Waals surface area contributed by atoms with Crippen LogP contribution in [-0.2, 0) is 9.53 Å². The van der Waals surface area contributed by atoms with Crippen LogP contribution in [0.15, 0.2) is 78.9 Å². The van der Waals surface area contributed by atoms with Gasteiger partial charge in [0.05, 0.1) is 24.3 Å². The highest BCUT2D eigenvalue weighted by molar-refractivity contribution is 7.23. The van der Waals surface area contributed by atoms with Gasteiger partial charge in [0.25, 0.3) is 0 Å². The van der Waals surface area contributed by atoms with E-state index in [4.69, 9.17) is 9.47 Å². The summed E-state index contributed by atoms with van der Waals surface area (Å²) in [6.45, 7) is 2.16. The van der Waals surface area contributed by atoms with Crippen molar-refractivity contribution in [2.75, 3.05) is 19.0 Å². The second-order valence-electron chi connectivity index (χ2n) is 6.87. The molecule has 0 radical (unpaired) electrons. The van der Waals surface area contributed by atoms with Gasteiger partial charge in [0.15, 0.2) is 0 Å². The molecule has 0 fully saturated rings. The quantitative estimate of drug-likeness (QED) is 0.256. The number of fused-ring (bicyclic) bond motifs is 1. The van der Waals surface area contributed by atoms with Gasteiger partial charge in [-0.15, -0.1) is 11.3 Å². The third-order valence-corrected chi connectivity index (χ3v) is 6.01. The molecular formula is C26H23NO3S. The van der Waals surface area contributed by atoms with Crippen molar-refractivity contribution in [2.24, 2.45) is 0 Å². The van der Waals surface area contributed by atoms with Crippen LogP contribution in [0.25, 0.3) is 26.6 Å². The van der Waals surface area contributed by atoms with E-state index in [1.165, 1.54) is 16.5 Å². The first-order valence-electron chi connectivity index (χ1n) is 10.1. The number of nitrogens with one attached hydrogen (secondary N) is 1. The highest BCUT2D eigenvalue weighted by Gasteiger charge is 2.15. The molecule has 5 heteroatoms. The molecular weight excluding hydrogens is 406 g/mol. The smallest absolute Gasteiger partial charge is 0.330 e. The molecule has 1 heterocycles. The molecule has 0 atom stereocenters. The van der Waals surface area contributed by atoms with Crippen molar-refractivity contribution < 1.29 is 14.3 Å². The Bertz CT molecular complexity index is 1210. The van der Waals surface area contributed by atoms with E-state index in [1.807, 2.05) is 36.4 Å². The average Bonchev–Trinajstić information content (AvgIpc) is 3.17. The summed E-state index contributed by atoms with van der Waals surface area (Å²) in [6.07, 6.45) is 3.20. The van der Waals surface area contributed by atoms with Crippen LogP contribution in [0, 0.1) is 0 Å². The van der Waals surface area contributed by atoms with Crippen molar-refractivity contribution in [3.63, 3.8) is 0 Å². The number of thiophene rings is 1. The maximum absolute atomic E-state index is 11.5. The van der Waals surface area contributed by atoms with Gasteiger partial charge in [0.1, 0.15) is 5.75 Å². The Hall–Kier alpha value is -3.57. The van der Waals surface area contributed by atoms with Gasteiger partial charge in [-0.1, -0.05) is 42.5 Å². The maximum Gasteiger partial charge on any atom is 0.330 e. The monoisotopic (exact) mass is 429 g/mol. The number of carbonyl (C=O) groups is 1. The zero-order valence-electron chi connectivity index (χ0n) is 17.4. The van der Waals surface area contributed by atoms with E-state index >= 15 is 0 Å². The second kappa shape index (κ2) is 9.49. The number of esters is 1. The second-order valence-corrected chi connectivity index (χ2v) is 7.92.